The molecule has 7 heteroatoms. The fourth-order valence-electron chi connectivity index (χ4n) is 3.03. The molecule has 0 spiro atoms. The molecular weight excluding hydrogens is 338 g/mol. The summed E-state index contributed by atoms with van der Waals surface area (Å²) in [5, 5.41) is 4.90. The van der Waals surface area contributed by atoms with Gasteiger partial charge in [-0.2, -0.15) is 0 Å². The number of hydrogen-bond acceptors (Lipinski definition) is 5. The standard InChI is InChI=1S/C18H29N3O3S/c1-20(12-13-24-2)10-6-9-19-17(22)15-7-3-4-11-21(15)18(23)16-8-5-14-25-16/h5,8,14-15H,3-4,6-7,9-13H2,1-2H3,(H,19,22). The van der Waals surface area contributed by atoms with E-state index >= 15 is 0 Å². The second-order valence-electron chi connectivity index (χ2n) is 6.43. The summed E-state index contributed by atoms with van der Waals surface area (Å²) >= 11 is 1.43. The minimum absolute atomic E-state index is 0.0193. The third-order valence-corrected chi connectivity index (χ3v) is 5.35. The van der Waals surface area contributed by atoms with Gasteiger partial charge in [0.25, 0.3) is 5.91 Å². The number of methoxy groups -OCH3 is 1. The van der Waals surface area contributed by atoms with Crippen LogP contribution in [-0.4, -0.2) is 74.6 Å². The maximum Gasteiger partial charge on any atom is 0.264 e. The molecule has 0 saturated carbocycles. The lowest BCUT2D eigenvalue weighted by Gasteiger charge is -2.34. The van der Waals surface area contributed by atoms with Gasteiger partial charge in [0.05, 0.1) is 11.5 Å². The molecule has 0 aliphatic carbocycles. The van der Waals surface area contributed by atoms with Gasteiger partial charge in [0, 0.05) is 26.7 Å². The van der Waals surface area contributed by atoms with E-state index in [0.29, 0.717) is 24.6 Å². The summed E-state index contributed by atoms with van der Waals surface area (Å²) in [6.07, 6.45) is 3.59. The number of amides is 2. The Morgan fingerprint density at radius 3 is 2.96 bits per heavy atom. The van der Waals surface area contributed by atoms with Crippen molar-refractivity contribution in [2.75, 3.05) is 46.9 Å². The van der Waals surface area contributed by atoms with Crippen LogP contribution in [0.25, 0.3) is 0 Å². The van der Waals surface area contributed by atoms with Crippen molar-refractivity contribution in [3.05, 3.63) is 22.4 Å². The van der Waals surface area contributed by atoms with Crippen molar-refractivity contribution in [3.63, 3.8) is 0 Å². The first-order valence-corrected chi connectivity index (χ1v) is 9.81. The largest absolute Gasteiger partial charge is 0.383 e. The number of thiophene rings is 1. The van der Waals surface area contributed by atoms with Gasteiger partial charge >= 0.3 is 0 Å². The first-order chi connectivity index (χ1) is 12.1. The van der Waals surface area contributed by atoms with Gasteiger partial charge < -0.3 is 19.9 Å². The average Bonchev–Trinajstić information content (AvgIpc) is 3.17. The van der Waals surface area contributed by atoms with Crippen molar-refractivity contribution in [3.8, 4) is 0 Å². The quantitative estimate of drug-likeness (QED) is 0.677. The zero-order chi connectivity index (χ0) is 18.1. The molecule has 1 aromatic heterocycles. The first-order valence-electron chi connectivity index (χ1n) is 8.93. The maximum absolute atomic E-state index is 12.6. The number of likely N-dealkylation sites (N-methyl/N-ethyl adjacent to an activating group) is 1. The second kappa shape index (κ2) is 10.5. The van der Waals surface area contributed by atoms with E-state index in [4.69, 9.17) is 4.74 Å². The Bertz CT molecular complexity index is 536. The number of nitrogens with one attached hydrogen (secondary N) is 1. The zero-order valence-electron chi connectivity index (χ0n) is 15.2. The van der Waals surface area contributed by atoms with E-state index in [1.165, 1.54) is 11.3 Å². The first kappa shape index (κ1) is 19.9. The molecule has 0 bridgehead atoms. The highest BCUT2D eigenvalue weighted by Gasteiger charge is 2.32. The summed E-state index contributed by atoms with van der Waals surface area (Å²) in [5.41, 5.74) is 0. The molecule has 0 radical (unpaired) electrons. The zero-order valence-corrected chi connectivity index (χ0v) is 16.0. The van der Waals surface area contributed by atoms with Crippen molar-refractivity contribution < 1.29 is 14.3 Å². The van der Waals surface area contributed by atoms with Crippen molar-refractivity contribution >= 4 is 23.2 Å². The molecule has 1 atom stereocenters. The van der Waals surface area contributed by atoms with Crippen molar-refractivity contribution in [1.29, 1.82) is 0 Å². The highest BCUT2D eigenvalue weighted by Crippen LogP contribution is 2.21. The maximum atomic E-state index is 12.6. The van der Waals surface area contributed by atoms with Crippen molar-refractivity contribution in [2.45, 2.75) is 31.7 Å². The summed E-state index contributed by atoms with van der Waals surface area (Å²) in [6, 6.07) is 3.36. The smallest absolute Gasteiger partial charge is 0.264 e. The predicted molar refractivity (Wildman–Crippen MR) is 100.0 cm³/mol. The fraction of sp³-hybridized carbons (Fsp3) is 0.667. The molecule has 2 rings (SSSR count). The van der Waals surface area contributed by atoms with E-state index in [-0.39, 0.29) is 17.9 Å². The molecule has 25 heavy (non-hydrogen) atoms. The topological polar surface area (TPSA) is 61.9 Å². The Labute approximate surface area is 154 Å². The van der Waals surface area contributed by atoms with Crippen LogP contribution >= 0.6 is 11.3 Å². The molecule has 6 nitrogen and oxygen atoms in total. The monoisotopic (exact) mass is 367 g/mol. The highest BCUT2D eigenvalue weighted by molar-refractivity contribution is 7.12. The summed E-state index contributed by atoms with van der Waals surface area (Å²) in [7, 11) is 3.74. The molecule has 1 unspecified atom stereocenters. The average molecular weight is 368 g/mol. The van der Waals surface area contributed by atoms with Crippen molar-refractivity contribution in [2.24, 2.45) is 0 Å². The Kier molecular flexibility index (Phi) is 8.37. The summed E-state index contributed by atoms with van der Waals surface area (Å²) in [6.45, 7) is 3.80. The van der Waals surface area contributed by atoms with Crippen molar-refractivity contribution in [1.82, 2.24) is 15.1 Å². The lowest BCUT2D eigenvalue weighted by atomic mass is 10.0. The Morgan fingerprint density at radius 1 is 1.40 bits per heavy atom. The number of likely N-dealkylation sites (tertiary alicyclic amines) is 1. The number of carbonyl (C=O) groups excluding carboxylic acids is 2. The lowest BCUT2D eigenvalue weighted by molar-refractivity contribution is -0.126. The molecule has 1 saturated heterocycles. The van der Waals surface area contributed by atoms with Crippen LogP contribution in [0.15, 0.2) is 17.5 Å². The summed E-state index contributed by atoms with van der Waals surface area (Å²) in [5.74, 6) is -0.0432. The van der Waals surface area contributed by atoms with Crippen LogP contribution in [0.1, 0.15) is 35.4 Å². The minimum atomic E-state index is -0.338. The minimum Gasteiger partial charge on any atom is -0.383 e. The predicted octanol–water partition coefficient (Wildman–Crippen LogP) is 1.83. The summed E-state index contributed by atoms with van der Waals surface area (Å²) < 4.78 is 5.05. The number of hydrogen-bond donors (Lipinski definition) is 1. The lowest BCUT2D eigenvalue weighted by Crippen LogP contribution is -2.52. The van der Waals surface area contributed by atoms with Crippen LogP contribution < -0.4 is 5.32 Å². The van der Waals surface area contributed by atoms with E-state index in [2.05, 4.69) is 10.2 Å². The Balaban J connectivity index is 1.79. The molecule has 1 N–H and O–H groups in total. The van der Waals surface area contributed by atoms with Gasteiger partial charge in [-0.1, -0.05) is 6.07 Å². The molecule has 0 aromatic carbocycles. The molecule has 1 aliphatic rings. The fourth-order valence-corrected chi connectivity index (χ4v) is 3.71. The highest BCUT2D eigenvalue weighted by atomic mass is 32.1. The Hall–Kier alpha value is -1.44. The number of ether oxygens (including phenoxy) is 1. The van der Waals surface area contributed by atoms with Gasteiger partial charge in [-0.15, -0.1) is 11.3 Å². The van der Waals surface area contributed by atoms with Crippen LogP contribution in [0.2, 0.25) is 0 Å². The van der Waals surface area contributed by atoms with E-state index in [1.807, 2.05) is 24.6 Å². The molecule has 1 fully saturated rings. The second-order valence-corrected chi connectivity index (χ2v) is 7.38. The van der Waals surface area contributed by atoms with Gasteiger partial charge in [0.2, 0.25) is 5.91 Å². The van der Waals surface area contributed by atoms with Gasteiger partial charge in [-0.3, -0.25) is 9.59 Å². The van der Waals surface area contributed by atoms with Crippen LogP contribution in [0.4, 0.5) is 0 Å². The van der Waals surface area contributed by atoms with Crippen LogP contribution in [0.5, 0.6) is 0 Å². The number of carbonyl (C=O) groups is 2. The summed E-state index contributed by atoms with van der Waals surface area (Å²) in [4.78, 5) is 29.8. The van der Waals surface area contributed by atoms with Crippen LogP contribution in [-0.2, 0) is 9.53 Å². The number of piperidine rings is 1. The third-order valence-electron chi connectivity index (χ3n) is 4.49. The van der Waals surface area contributed by atoms with Crippen LogP contribution in [0, 0.1) is 0 Å². The molecule has 2 heterocycles. The van der Waals surface area contributed by atoms with Gasteiger partial charge in [-0.25, -0.2) is 0 Å². The van der Waals surface area contributed by atoms with E-state index in [1.54, 1.807) is 12.0 Å². The molecule has 1 aromatic rings. The van der Waals surface area contributed by atoms with E-state index < -0.39 is 0 Å². The van der Waals surface area contributed by atoms with Crippen LogP contribution in [0.3, 0.4) is 0 Å². The van der Waals surface area contributed by atoms with E-state index in [9.17, 15) is 9.59 Å². The van der Waals surface area contributed by atoms with Gasteiger partial charge in [-0.05, 0) is 50.7 Å². The SMILES string of the molecule is COCCN(C)CCCNC(=O)C1CCCCN1C(=O)c1cccs1. The molecule has 2 amide bonds. The third kappa shape index (κ3) is 6.09. The molecule has 140 valence electrons. The number of nitrogens with zero attached hydrogens (tertiary/aromatic N) is 2. The van der Waals surface area contributed by atoms with E-state index in [0.717, 1.165) is 38.8 Å². The number of rotatable bonds is 9. The van der Waals surface area contributed by atoms with Gasteiger partial charge in [0.1, 0.15) is 6.04 Å². The molecule has 1 aliphatic heterocycles. The molecular formula is C18H29N3O3S. The normalized spacial score (nSPS) is 17.7. The van der Waals surface area contributed by atoms with Gasteiger partial charge in [0.15, 0.2) is 0 Å². The Morgan fingerprint density at radius 2 is 2.24 bits per heavy atom.